The molecule has 29 heavy (non-hydrogen) atoms. The fourth-order valence-electron chi connectivity index (χ4n) is 4.20. The van der Waals surface area contributed by atoms with Gasteiger partial charge in [0, 0.05) is 44.8 Å². The lowest BCUT2D eigenvalue weighted by molar-refractivity contribution is -0.116. The third-order valence-corrected chi connectivity index (χ3v) is 6.13. The summed E-state index contributed by atoms with van der Waals surface area (Å²) >= 11 is 6.43. The Balaban J connectivity index is 1.25. The molecule has 0 atom stereocenters. The maximum atomic E-state index is 11.5. The largest absolute Gasteiger partial charge is 0.368 e. The van der Waals surface area contributed by atoms with E-state index in [0.29, 0.717) is 6.42 Å². The molecule has 0 bridgehead atoms. The molecule has 1 fully saturated rings. The summed E-state index contributed by atoms with van der Waals surface area (Å²) in [4.78, 5) is 16.4. The lowest BCUT2D eigenvalue weighted by Crippen LogP contribution is -2.46. The van der Waals surface area contributed by atoms with Crippen LogP contribution in [0.15, 0.2) is 42.5 Å². The van der Waals surface area contributed by atoms with Gasteiger partial charge in [-0.05, 0) is 54.7 Å². The van der Waals surface area contributed by atoms with Gasteiger partial charge in [0.15, 0.2) is 0 Å². The van der Waals surface area contributed by atoms with Gasteiger partial charge < -0.3 is 10.2 Å². The number of piperazine rings is 1. The second kappa shape index (κ2) is 9.02. The highest BCUT2D eigenvalue weighted by atomic mass is 35.5. The molecule has 2 aromatic rings. The van der Waals surface area contributed by atoms with Gasteiger partial charge in [0.2, 0.25) is 5.91 Å². The molecule has 1 saturated heterocycles. The number of fused-ring (bicyclic) bond motifs is 1. The Hall–Kier alpha value is -2.30. The van der Waals surface area contributed by atoms with Gasteiger partial charge in [-0.2, -0.15) is 0 Å². The first-order valence-corrected chi connectivity index (χ1v) is 10.8. The summed E-state index contributed by atoms with van der Waals surface area (Å²) in [6.45, 7) is 7.38. The molecule has 1 N–H and O–H groups in total. The second-order valence-corrected chi connectivity index (χ2v) is 8.30. The van der Waals surface area contributed by atoms with E-state index in [-0.39, 0.29) is 5.91 Å². The van der Waals surface area contributed by atoms with Crippen LogP contribution in [-0.4, -0.2) is 43.5 Å². The third-order valence-electron chi connectivity index (χ3n) is 5.82. The summed E-state index contributed by atoms with van der Waals surface area (Å²) in [5.74, 6) is 0.116. The number of halogens is 1. The quantitative estimate of drug-likeness (QED) is 0.773. The standard InChI is InChI=1S/C24H28ClN3O/c1-18-5-4-7-21(25)24(18)28-15-13-27(14-16-28)12-3-2-6-19-8-10-22-20(17-19)9-11-23(29)26-22/h2,4-8,10,17H,3,9,11-16H2,1H3,(H,26,29). The Morgan fingerprint density at radius 1 is 1.10 bits per heavy atom. The van der Waals surface area contributed by atoms with Crippen molar-refractivity contribution in [3.8, 4) is 0 Å². The number of amides is 1. The molecular weight excluding hydrogens is 382 g/mol. The van der Waals surface area contributed by atoms with Gasteiger partial charge in [0.25, 0.3) is 0 Å². The maximum Gasteiger partial charge on any atom is 0.224 e. The molecule has 0 unspecified atom stereocenters. The molecule has 0 aliphatic carbocycles. The Labute approximate surface area is 178 Å². The van der Waals surface area contributed by atoms with Crippen LogP contribution < -0.4 is 10.2 Å². The van der Waals surface area contributed by atoms with Crippen molar-refractivity contribution in [2.45, 2.75) is 26.2 Å². The van der Waals surface area contributed by atoms with Crippen LogP contribution >= 0.6 is 11.6 Å². The molecule has 0 radical (unpaired) electrons. The first-order valence-electron chi connectivity index (χ1n) is 10.4. The van der Waals surface area contributed by atoms with E-state index in [0.717, 1.165) is 56.3 Å². The van der Waals surface area contributed by atoms with Crippen molar-refractivity contribution < 1.29 is 4.79 Å². The Kier molecular flexibility index (Phi) is 6.22. The number of anilines is 2. The summed E-state index contributed by atoms with van der Waals surface area (Å²) < 4.78 is 0. The molecule has 0 saturated carbocycles. The Morgan fingerprint density at radius 2 is 1.93 bits per heavy atom. The number of nitrogens with one attached hydrogen (secondary N) is 1. The molecule has 1 amide bonds. The summed E-state index contributed by atoms with van der Waals surface area (Å²) in [6, 6.07) is 12.4. The van der Waals surface area contributed by atoms with Crippen LogP contribution in [0, 0.1) is 6.92 Å². The van der Waals surface area contributed by atoms with Crippen molar-refractivity contribution in [1.82, 2.24) is 4.90 Å². The van der Waals surface area contributed by atoms with Crippen LogP contribution in [0.25, 0.3) is 6.08 Å². The normalized spacial score (nSPS) is 17.4. The molecule has 0 aromatic heterocycles. The maximum absolute atomic E-state index is 11.5. The number of rotatable bonds is 5. The molecule has 0 spiro atoms. The van der Waals surface area contributed by atoms with E-state index in [9.17, 15) is 4.79 Å². The molecule has 4 rings (SSSR count). The van der Waals surface area contributed by atoms with Gasteiger partial charge in [-0.3, -0.25) is 9.69 Å². The Bertz CT molecular complexity index is 896. The highest BCUT2D eigenvalue weighted by molar-refractivity contribution is 6.33. The van der Waals surface area contributed by atoms with E-state index in [1.54, 1.807) is 0 Å². The van der Waals surface area contributed by atoms with E-state index in [2.05, 4.69) is 52.4 Å². The highest BCUT2D eigenvalue weighted by Gasteiger charge is 2.19. The second-order valence-electron chi connectivity index (χ2n) is 7.89. The van der Waals surface area contributed by atoms with Crippen molar-refractivity contribution in [2.75, 3.05) is 42.9 Å². The summed E-state index contributed by atoms with van der Waals surface area (Å²) in [5.41, 5.74) is 5.84. The van der Waals surface area contributed by atoms with Crippen molar-refractivity contribution in [2.24, 2.45) is 0 Å². The minimum absolute atomic E-state index is 0.116. The van der Waals surface area contributed by atoms with Crippen LogP contribution in [0.5, 0.6) is 0 Å². The summed E-state index contributed by atoms with van der Waals surface area (Å²) in [5, 5.41) is 3.79. The molecular formula is C24H28ClN3O. The third kappa shape index (κ3) is 4.82. The van der Waals surface area contributed by atoms with Crippen molar-refractivity contribution in [3.63, 3.8) is 0 Å². The molecule has 2 aliphatic rings. The van der Waals surface area contributed by atoms with Crippen LogP contribution in [0.1, 0.15) is 29.5 Å². The van der Waals surface area contributed by atoms with Crippen molar-refractivity contribution in [1.29, 1.82) is 0 Å². The molecule has 2 aliphatic heterocycles. The zero-order chi connectivity index (χ0) is 20.2. The van der Waals surface area contributed by atoms with Gasteiger partial charge >= 0.3 is 0 Å². The molecule has 5 heteroatoms. The number of hydrogen-bond acceptors (Lipinski definition) is 3. The van der Waals surface area contributed by atoms with E-state index in [1.165, 1.54) is 22.4 Å². The minimum Gasteiger partial charge on any atom is -0.368 e. The molecule has 4 nitrogen and oxygen atoms in total. The minimum atomic E-state index is 0.116. The molecule has 2 aromatic carbocycles. The summed E-state index contributed by atoms with van der Waals surface area (Å²) in [6.07, 6.45) is 6.91. The van der Waals surface area contributed by atoms with E-state index in [4.69, 9.17) is 11.6 Å². The smallest absolute Gasteiger partial charge is 0.224 e. The number of nitrogens with zero attached hydrogens (tertiary/aromatic N) is 2. The van der Waals surface area contributed by atoms with E-state index >= 15 is 0 Å². The van der Waals surface area contributed by atoms with Gasteiger partial charge in [-0.25, -0.2) is 0 Å². The van der Waals surface area contributed by atoms with Crippen LogP contribution in [0.2, 0.25) is 5.02 Å². The predicted molar refractivity (Wildman–Crippen MR) is 122 cm³/mol. The van der Waals surface area contributed by atoms with Gasteiger partial charge in [-0.15, -0.1) is 0 Å². The molecule has 2 heterocycles. The zero-order valence-corrected chi connectivity index (χ0v) is 17.7. The van der Waals surface area contributed by atoms with Crippen molar-refractivity contribution >= 4 is 35.0 Å². The number of carbonyl (C=O) groups excluding carboxylic acids is 1. The van der Waals surface area contributed by atoms with Crippen LogP contribution in [0.3, 0.4) is 0 Å². The van der Waals surface area contributed by atoms with Crippen molar-refractivity contribution in [3.05, 3.63) is 64.2 Å². The zero-order valence-electron chi connectivity index (χ0n) is 17.0. The van der Waals surface area contributed by atoms with E-state index < -0.39 is 0 Å². The van der Waals surface area contributed by atoms with E-state index in [1.807, 2.05) is 18.2 Å². The first kappa shape index (κ1) is 20.0. The lowest BCUT2D eigenvalue weighted by Gasteiger charge is -2.37. The highest BCUT2D eigenvalue weighted by Crippen LogP contribution is 2.30. The average Bonchev–Trinajstić information content (AvgIpc) is 2.72. The van der Waals surface area contributed by atoms with Gasteiger partial charge in [-0.1, -0.05) is 42.0 Å². The number of carbonyl (C=O) groups is 1. The average molecular weight is 410 g/mol. The van der Waals surface area contributed by atoms with Gasteiger partial charge in [0.1, 0.15) is 0 Å². The predicted octanol–water partition coefficient (Wildman–Crippen LogP) is 4.76. The number of benzene rings is 2. The van der Waals surface area contributed by atoms with Crippen LogP contribution in [-0.2, 0) is 11.2 Å². The monoisotopic (exact) mass is 409 g/mol. The van der Waals surface area contributed by atoms with Crippen LogP contribution in [0.4, 0.5) is 11.4 Å². The first-order chi connectivity index (χ1) is 14.1. The molecule has 152 valence electrons. The lowest BCUT2D eigenvalue weighted by atomic mass is 10.00. The SMILES string of the molecule is Cc1cccc(Cl)c1N1CCN(CCC=Cc2ccc3c(c2)CCC(=O)N3)CC1. The Morgan fingerprint density at radius 3 is 2.72 bits per heavy atom. The topological polar surface area (TPSA) is 35.6 Å². The number of para-hydroxylation sites is 1. The number of hydrogen-bond donors (Lipinski definition) is 1. The fourth-order valence-corrected chi connectivity index (χ4v) is 4.54. The number of aryl methyl sites for hydroxylation is 2. The van der Waals surface area contributed by atoms with Gasteiger partial charge in [0.05, 0.1) is 10.7 Å². The summed E-state index contributed by atoms with van der Waals surface area (Å²) in [7, 11) is 0. The fraction of sp³-hybridized carbons (Fsp3) is 0.375.